The van der Waals surface area contributed by atoms with Crippen LogP contribution in [0.15, 0.2) is 42.6 Å². The maximum absolute atomic E-state index is 12.2. The summed E-state index contributed by atoms with van der Waals surface area (Å²) in [6.45, 7) is 2.97. The van der Waals surface area contributed by atoms with Crippen molar-refractivity contribution in [2.24, 2.45) is 0 Å². The molecule has 2 aromatic rings. The molecule has 2 N–H and O–H groups in total. The lowest BCUT2D eigenvalue weighted by Gasteiger charge is -2.13. The Bertz CT molecular complexity index is 623. The summed E-state index contributed by atoms with van der Waals surface area (Å²) < 4.78 is 0. The molecule has 1 aromatic heterocycles. The molecule has 1 aromatic carbocycles. The second kappa shape index (κ2) is 7.45. The Labute approximate surface area is 131 Å². The molecule has 5 heteroatoms. The Morgan fingerprint density at radius 2 is 1.86 bits per heavy atom. The van der Waals surface area contributed by atoms with Crippen LogP contribution in [0.5, 0.6) is 0 Å². The molecule has 0 aliphatic rings. The SMILES string of the molecule is CCCNc1ccnc(C(=O)Nc2ccc(N(C)C)cc2)c1. The van der Waals surface area contributed by atoms with Crippen molar-refractivity contribution >= 4 is 23.0 Å². The van der Waals surface area contributed by atoms with Crippen molar-refractivity contribution in [3.05, 3.63) is 48.3 Å². The summed E-state index contributed by atoms with van der Waals surface area (Å²) in [5.41, 5.74) is 3.15. The quantitative estimate of drug-likeness (QED) is 0.859. The maximum Gasteiger partial charge on any atom is 0.274 e. The summed E-state index contributed by atoms with van der Waals surface area (Å²) in [6.07, 6.45) is 2.67. The molecule has 0 radical (unpaired) electrons. The van der Waals surface area contributed by atoms with E-state index in [1.807, 2.05) is 49.3 Å². The minimum Gasteiger partial charge on any atom is -0.385 e. The van der Waals surface area contributed by atoms with Gasteiger partial charge in [-0.3, -0.25) is 9.78 Å². The predicted octanol–water partition coefficient (Wildman–Crippen LogP) is 3.22. The molecule has 1 amide bonds. The Balaban J connectivity index is 2.05. The van der Waals surface area contributed by atoms with E-state index in [0.717, 1.165) is 30.0 Å². The Kier molecular flexibility index (Phi) is 5.36. The zero-order valence-electron chi connectivity index (χ0n) is 13.3. The molecule has 1 heterocycles. The zero-order valence-corrected chi connectivity index (χ0v) is 13.3. The molecule has 22 heavy (non-hydrogen) atoms. The zero-order chi connectivity index (χ0) is 15.9. The van der Waals surface area contributed by atoms with Crippen LogP contribution >= 0.6 is 0 Å². The standard InChI is InChI=1S/C17H22N4O/c1-4-10-18-14-9-11-19-16(12-14)17(22)20-13-5-7-15(8-6-13)21(2)3/h5-9,11-12H,4,10H2,1-3H3,(H,18,19)(H,20,22). The molecule has 0 saturated heterocycles. The number of anilines is 3. The highest BCUT2D eigenvalue weighted by Gasteiger charge is 2.08. The first kappa shape index (κ1) is 15.8. The number of hydrogen-bond donors (Lipinski definition) is 2. The lowest BCUT2D eigenvalue weighted by atomic mass is 10.2. The number of benzene rings is 1. The van der Waals surface area contributed by atoms with E-state index in [-0.39, 0.29) is 5.91 Å². The molecule has 0 aliphatic carbocycles. The molecule has 0 aliphatic heterocycles. The van der Waals surface area contributed by atoms with Crippen molar-refractivity contribution in [3.8, 4) is 0 Å². The van der Waals surface area contributed by atoms with Gasteiger partial charge in [0.1, 0.15) is 5.69 Å². The first-order chi connectivity index (χ1) is 10.6. The largest absolute Gasteiger partial charge is 0.385 e. The maximum atomic E-state index is 12.2. The second-order valence-corrected chi connectivity index (χ2v) is 5.25. The van der Waals surface area contributed by atoms with Gasteiger partial charge in [-0.2, -0.15) is 0 Å². The van der Waals surface area contributed by atoms with Gasteiger partial charge in [0.25, 0.3) is 5.91 Å². The highest BCUT2D eigenvalue weighted by Crippen LogP contribution is 2.16. The lowest BCUT2D eigenvalue weighted by molar-refractivity contribution is 0.102. The lowest BCUT2D eigenvalue weighted by Crippen LogP contribution is -2.14. The van der Waals surface area contributed by atoms with E-state index in [1.165, 1.54) is 0 Å². The van der Waals surface area contributed by atoms with Crippen LogP contribution in [0.3, 0.4) is 0 Å². The average Bonchev–Trinajstić information content (AvgIpc) is 2.53. The number of aromatic nitrogens is 1. The number of carbonyl (C=O) groups is 1. The molecular weight excluding hydrogens is 276 g/mol. The van der Waals surface area contributed by atoms with E-state index in [9.17, 15) is 4.79 Å². The molecule has 5 nitrogen and oxygen atoms in total. The molecule has 0 fully saturated rings. The van der Waals surface area contributed by atoms with Gasteiger partial charge >= 0.3 is 0 Å². The van der Waals surface area contributed by atoms with Crippen molar-refractivity contribution in [2.45, 2.75) is 13.3 Å². The number of rotatable bonds is 6. The molecule has 0 bridgehead atoms. The van der Waals surface area contributed by atoms with Gasteiger partial charge in [0.05, 0.1) is 0 Å². The third kappa shape index (κ3) is 4.22. The third-order valence-electron chi connectivity index (χ3n) is 3.21. The van der Waals surface area contributed by atoms with Gasteiger partial charge < -0.3 is 15.5 Å². The van der Waals surface area contributed by atoms with E-state index in [4.69, 9.17) is 0 Å². The fourth-order valence-corrected chi connectivity index (χ4v) is 1.97. The van der Waals surface area contributed by atoms with Crippen molar-refractivity contribution < 1.29 is 4.79 Å². The van der Waals surface area contributed by atoms with Crippen LogP contribution in [0.1, 0.15) is 23.8 Å². The Morgan fingerprint density at radius 1 is 1.14 bits per heavy atom. The molecule has 0 unspecified atom stereocenters. The predicted molar refractivity (Wildman–Crippen MR) is 91.7 cm³/mol. The van der Waals surface area contributed by atoms with Crippen molar-refractivity contribution in [3.63, 3.8) is 0 Å². The van der Waals surface area contributed by atoms with Gasteiger partial charge in [-0.1, -0.05) is 6.92 Å². The summed E-state index contributed by atoms with van der Waals surface area (Å²) >= 11 is 0. The number of pyridine rings is 1. The molecule has 0 spiro atoms. The van der Waals surface area contributed by atoms with Crippen LogP contribution in [0, 0.1) is 0 Å². The van der Waals surface area contributed by atoms with Gasteiger partial charge in [0, 0.05) is 43.9 Å². The summed E-state index contributed by atoms with van der Waals surface area (Å²) in [4.78, 5) is 18.4. The van der Waals surface area contributed by atoms with Crippen LogP contribution in [0.4, 0.5) is 17.1 Å². The van der Waals surface area contributed by atoms with Crippen LogP contribution in [0.25, 0.3) is 0 Å². The molecule has 0 atom stereocenters. The fraction of sp³-hybridized carbons (Fsp3) is 0.294. The van der Waals surface area contributed by atoms with Gasteiger partial charge in [-0.15, -0.1) is 0 Å². The first-order valence-corrected chi connectivity index (χ1v) is 7.39. The summed E-state index contributed by atoms with van der Waals surface area (Å²) in [5, 5.41) is 6.11. The first-order valence-electron chi connectivity index (χ1n) is 7.39. The summed E-state index contributed by atoms with van der Waals surface area (Å²) in [6, 6.07) is 11.3. The Morgan fingerprint density at radius 3 is 2.50 bits per heavy atom. The average molecular weight is 298 g/mol. The van der Waals surface area contributed by atoms with Crippen LogP contribution in [0.2, 0.25) is 0 Å². The fourth-order valence-electron chi connectivity index (χ4n) is 1.97. The minimum absolute atomic E-state index is 0.210. The van der Waals surface area contributed by atoms with Gasteiger partial charge in [-0.25, -0.2) is 0 Å². The van der Waals surface area contributed by atoms with Crippen LogP contribution in [-0.4, -0.2) is 31.5 Å². The van der Waals surface area contributed by atoms with Crippen molar-refractivity contribution in [2.75, 3.05) is 36.2 Å². The van der Waals surface area contributed by atoms with Gasteiger partial charge in [0.2, 0.25) is 0 Å². The normalized spacial score (nSPS) is 10.1. The molecule has 0 saturated carbocycles. The van der Waals surface area contributed by atoms with E-state index in [1.54, 1.807) is 12.3 Å². The number of amides is 1. The van der Waals surface area contributed by atoms with Gasteiger partial charge in [-0.05, 0) is 42.8 Å². The van der Waals surface area contributed by atoms with Crippen molar-refractivity contribution in [1.29, 1.82) is 0 Å². The molecule has 2 rings (SSSR count). The minimum atomic E-state index is -0.210. The summed E-state index contributed by atoms with van der Waals surface area (Å²) in [5.74, 6) is -0.210. The summed E-state index contributed by atoms with van der Waals surface area (Å²) in [7, 11) is 3.96. The monoisotopic (exact) mass is 298 g/mol. The third-order valence-corrected chi connectivity index (χ3v) is 3.21. The number of hydrogen-bond acceptors (Lipinski definition) is 4. The van der Waals surface area contributed by atoms with E-state index in [2.05, 4.69) is 22.5 Å². The smallest absolute Gasteiger partial charge is 0.274 e. The van der Waals surface area contributed by atoms with E-state index >= 15 is 0 Å². The highest BCUT2D eigenvalue weighted by molar-refractivity contribution is 6.03. The van der Waals surface area contributed by atoms with E-state index < -0.39 is 0 Å². The van der Waals surface area contributed by atoms with Crippen LogP contribution < -0.4 is 15.5 Å². The van der Waals surface area contributed by atoms with E-state index in [0.29, 0.717) is 5.69 Å². The number of carbonyl (C=O) groups excluding carboxylic acids is 1. The molecular formula is C17H22N4O. The second-order valence-electron chi connectivity index (χ2n) is 5.25. The topological polar surface area (TPSA) is 57.3 Å². The number of nitrogens with one attached hydrogen (secondary N) is 2. The van der Waals surface area contributed by atoms with Crippen molar-refractivity contribution in [1.82, 2.24) is 4.98 Å². The Hall–Kier alpha value is -2.56. The van der Waals surface area contributed by atoms with Crippen LogP contribution in [-0.2, 0) is 0 Å². The number of nitrogens with zero attached hydrogens (tertiary/aromatic N) is 2. The highest BCUT2D eigenvalue weighted by atomic mass is 16.1. The van der Waals surface area contributed by atoms with Gasteiger partial charge in [0.15, 0.2) is 0 Å². The molecule has 116 valence electrons.